The Morgan fingerprint density at radius 1 is 1.08 bits per heavy atom. The third-order valence-corrected chi connectivity index (χ3v) is 3.36. The molecular weight excluding hydrogens is 383 g/mol. The van der Waals surface area contributed by atoms with Crippen molar-refractivity contribution in [2.24, 2.45) is 7.05 Å². The zero-order valence-corrected chi connectivity index (χ0v) is 16.7. The van der Waals surface area contributed by atoms with E-state index in [0.29, 0.717) is 12.0 Å². The molecule has 24 heavy (non-hydrogen) atoms. The van der Waals surface area contributed by atoms with Crippen molar-refractivity contribution in [3.63, 3.8) is 0 Å². The second-order valence-electron chi connectivity index (χ2n) is 4.81. The molecule has 0 bridgehead atoms. The van der Waals surface area contributed by atoms with Crippen molar-refractivity contribution in [2.75, 3.05) is 0 Å². The van der Waals surface area contributed by atoms with Crippen LogP contribution in [-0.4, -0.2) is 9.55 Å². The Morgan fingerprint density at radius 2 is 1.71 bits per heavy atom. The van der Waals surface area contributed by atoms with E-state index >= 15 is 0 Å². The molecule has 0 saturated carbocycles. The Balaban J connectivity index is 0.000000925. The first-order valence-corrected chi connectivity index (χ1v) is 7.40. The third-order valence-electron chi connectivity index (χ3n) is 3.36. The van der Waals surface area contributed by atoms with Crippen molar-refractivity contribution in [1.82, 2.24) is 14.5 Å². The number of fused-ring (bicyclic) bond motifs is 1. The maximum Gasteiger partial charge on any atom is 0.225 e. The van der Waals surface area contributed by atoms with Gasteiger partial charge >= 0.3 is 0 Å². The molecule has 0 unspecified atom stereocenters. The number of hydrogen-bond donors (Lipinski definition) is 1. The van der Waals surface area contributed by atoms with E-state index in [1.54, 1.807) is 0 Å². The topological polar surface area (TPSA) is 86.0 Å². The largest absolute Gasteiger partial charge is 0.380 e. The van der Waals surface area contributed by atoms with E-state index in [-0.39, 0.29) is 49.3 Å². The molecule has 7 heteroatoms. The van der Waals surface area contributed by atoms with Crippen molar-refractivity contribution in [3.8, 4) is 0 Å². The van der Waals surface area contributed by atoms with Gasteiger partial charge in [-0.05, 0) is 18.7 Å². The predicted molar refractivity (Wildman–Crippen MR) is 90.0 cm³/mol. The number of hydrogen-bond acceptors (Lipinski definition) is 3. The van der Waals surface area contributed by atoms with Gasteiger partial charge in [-0.2, -0.15) is 0 Å². The van der Waals surface area contributed by atoms with Crippen LogP contribution in [0.3, 0.4) is 0 Å². The number of nitrogens with one attached hydrogen (secondary N) is 1. The molecule has 2 heterocycles. The number of nitrogens with zero attached hydrogens (tertiary/aromatic N) is 2. The molecule has 0 aliphatic carbocycles. The van der Waals surface area contributed by atoms with Gasteiger partial charge in [0.25, 0.3) is 0 Å². The van der Waals surface area contributed by atoms with Crippen LogP contribution in [0.2, 0.25) is 0 Å². The Kier molecular flexibility index (Phi) is 7.51. The smallest absolute Gasteiger partial charge is 0.225 e. The first kappa shape index (κ1) is 20.3. The minimum absolute atomic E-state index is 0. The SMILES string of the molecule is CC.Cn1c(=O)[n-]c2[nH]c(=O)c(Cc3ccccc3)cc2c1=O.[Y]. The van der Waals surface area contributed by atoms with Gasteiger partial charge in [0.1, 0.15) is 0 Å². The van der Waals surface area contributed by atoms with Crippen LogP contribution in [-0.2, 0) is 46.2 Å². The van der Waals surface area contributed by atoms with E-state index in [0.717, 1.165) is 10.1 Å². The number of benzene rings is 1. The van der Waals surface area contributed by atoms with Gasteiger partial charge in [-0.3, -0.25) is 14.4 Å². The monoisotopic (exact) mass is 401 g/mol. The summed E-state index contributed by atoms with van der Waals surface area (Å²) in [5.41, 5.74) is -0.0234. The van der Waals surface area contributed by atoms with Crippen LogP contribution in [0.5, 0.6) is 0 Å². The molecule has 2 aromatic heterocycles. The first-order chi connectivity index (χ1) is 11.1. The maximum absolute atomic E-state index is 12.1. The summed E-state index contributed by atoms with van der Waals surface area (Å²) in [7, 11) is 1.36. The fraction of sp³-hybridized carbons (Fsp3) is 0.235. The van der Waals surface area contributed by atoms with Crippen LogP contribution in [0.1, 0.15) is 25.0 Å². The second-order valence-corrected chi connectivity index (χ2v) is 4.81. The van der Waals surface area contributed by atoms with Crippen LogP contribution in [0.15, 0.2) is 50.8 Å². The van der Waals surface area contributed by atoms with Gasteiger partial charge in [-0.15, -0.1) is 0 Å². The third kappa shape index (κ3) is 4.19. The van der Waals surface area contributed by atoms with E-state index in [2.05, 4.69) is 9.97 Å². The average Bonchev–Trinajstić information content (AvgIpc) is 2.57. The summed E-state index contributed by atoms with van der Waals surface area (Å²) in [6.45, 7) is 4.00. The average molecular weight is 401 g/mol. The van der Waals surface area contributed by atoms with Gasteiger partial charge in [-0.25, -0.2) is 0 Å². The minimum atomic E-state index is -0.682. The van der Waals surface area contributed by atoms with Gasteiger partial charge in [0.05, 0.1) is 0 Å². The molecule has 1 radical (unpaired) electrons. The van der Waals surface area contributed by atoms with Gasteiger partial charge in [-0.1, -0.05) is 44.2 Å². The molecule has 1 N–H and O–H groups in total. The molecule has 3 rings (SSSR count). The van der Waals surface area contributed by atoms with Crippen molar-refractivity contribution in [3.05, 3.63) is 78.7 Å². The summed E-state index contributed by atoms with van der Waals surface area (Å²) in [5, 5.41) is 0.239. The van der Waals surface area contributed by atoms with Crippen LogP contribution in [0, 0.1) is 0 Å². The molecule has 0 spiro atoms. The molecule has 0 amide bonds. The van der Waals surface area contributed by atoms with E-state index < -0.39 is 11.2 Å². The summed E-state index contributed by atoms with van der Waals surface area (Å²) < 4.78 is 0.924. The molecule has 0 atom stereocenters. The van der Waals surface area contributed by atoms with Crippen LogP contribution < -0.4 is 21.8 Å². The van der Waals surface area contributed by atoms with Crippen molar-refractivity contribution >= 4 is 11.0 Å². The Labute approximate surface area is 163 Å². The molecule has 0 fully saturated rings. The molecule has 3 aromatic rings. The second kappa shape index (κ2) is 8.90. The molecule has 123 valence electrons. The fourth-order valence-electron chi connectivity index (χ4n) is 2.20. The van der Waals surface area contributed by atoms with Crippen molar-refractivity contribution < 1.29 is 32.7 Å². The van der Waals surface area contributed by atoms with Gasteiger partial charge < -0.3 is 14.5 Å². The van der Waals surface area contributed by atoms with Crippen LogP contribution in [0.25, 0.3) is 11.0 Å². The number of aromatic amines is 1. The Bertz CT molecular complexity index is 988. The quantitative estimate of drug-likeness (QED) is 0.699. The summed E-state index contributed by atoms with van der Waals surface area (Å²) in [6, 6.07) is 11.0. The normalized spacial score (nSPS) is 9.79. The van der Waals surface area contributed by atoms with E-state index in [4.69, 9.17) is 0 Å². The standard InChI is InChI=1S/C15H13N3O3.C2H6.Y/c1-18-14(20)11-8-10(7-9-5-3-2-4-6-9)13(19)16-12(11)17-15(18)21;1-2;/h2-6,8H,7H2,1H3,(H2,16,17,19,20,21);1-2H3;/p-1. The van der Waals surface area contributed by atoms with Crippen molar-refractivity contribution in [2.45, 2.75) is 20.3 Å². The summed E-state index contributed by atoms with van der Waals surface area (Å²) in [6.07, 6.45) is 0.411. The summed E-state index contributed by atoms with van der Waals surface area (Å²) >= 11 is 0. The maximum atomic E-state index is 12.1. The van der Waals surface area contributed by atoms with E-state index in [1.807, 2.05) is 44.2 Å². The van der Waals surface area contributed by atoms with Gasteiger partial charge in [0, 0.05) is 55.7 Å². The molecule has 0 aliphatic rings. The van der Waals surface area contributed by atoms with Crippen molar-refractivity contribution in [1.29, 1.82) is 0 Å². The van der Waals surface area contributed by atoms with E-state index in [9.17, 15) is 14.4 Å². The zero-order valence-electron chi connectivity index (χ0n) is 13.9. The molecular formula is C17H18N3O3Y-. The zero-order chi connectivity index (χ0) is 17.0. The fourth-order valence-corrected chi connectivity index (χ4v) is 2.20. The summed E-state index contributed by atoms with van der Waals surface area (Å²) in [4.78, 5) is 41.8. The predicted octanol–water partition coefficient (Wildman–Crippen LogP) is 1.16. The number of pyridine rings is 1. The number of aromatic nitrogens is 3. The first-order valence-electron chi connectivity index (χ1n) is 7.40. The molecule has 1 aromatic carbocycles. The Hall–Kier alpha value is -1.79. The van der Waals surface area contributed by atoms with E-state index in [1.165, 1.54) is 13.1 Å². The Morgan fingerprint density at radius 3 is 2.33 bits per heavy atom. The molecule has 6 nitrogen and oxygen atoms in total. The molecule has 0 saturated heterocycles. The molecule has 0 aliphatic heterocycles. The number of H-pyrrole nitrogens is 1. The summed E-state index contributed by atoms with van der Waals surface area (Å²) in [5.74, 6) is 0. The van der Waals surface area contributed by atoms with Crippen LogP contribution in [0.4, 0.5) is 0 Å². The van der Waals surface area contributed by atoms with Gasteiger partial charge in [0.15, 0.2) is 5.56 Å². The number of rotatable bonds is 2. The minimum Gasteiger partial charge on any atom is -0.380 e. The van der Waals surface area contributed by atoms with Crippen LogP contribution >= 0.6 is 0 Å². The van der Waals surface area contributed by atoms with Gasteiger partial charge in [0.2, 0.25) is 11.2 Å².